The van der Waals surface area contributed by atoms with Gasteiger partial charge in [0.1, 0.15) is 0 Å². The molecule has 0 aromatic heterocycles. The summed E-state index contributed by atoms with van der Waals surface area (Å²) in [5.41, 5.74) is 2.11. The van der Waals surface area contributed by atoms with E-state index in [1.54, 1.807) is 6.07 Å². The average Bonchev–Trinajstić information content (AvgIpc) is 2.47. The summed E-state index contributed by atoms with van der Waals surface area (Å²) in [5, 5.41) is 3.33. The molecule has 1 aliphatic rings. The first-order chi connectivity index (χ1) is 10.5. The average molecular weight is 305 g/mol. The molecule has 1 atom stereocenters. The first-order valence-corrected chi connectivity index (χ1v) is 7.55. The predicted octanol–water partition coefficient (Wildman–Crippen LogP) is 5.59. The highest BCUT2D eigenvalue weighted by atomic mass is 19.4. The number of halogens is 3. The maximum atomic E-state index is 12.9. The van der Waals surface area contributed by atoms with Gasteiger partial charge in [-0.25, -0.2) is 0 Å². The van der Waals surface area contributed by atoms with Crippen LogP contribution in [0.2, 0.25) is 0 Å². The second-order valence-electron chi connectivity index (χ2n) is 5.72. The fourth-order valence-electron chi connectivity index (χ4n) is 2.96. The van der Waals surface area contributed by atoms with Crippen molar-refractivity contribution >= 4 is 5.69 Å². The quantitative estimate of drug-likeness (QED) is 0.724. The van der Waals surface area contributed by atoms with Gasteiger partial charge in [0.2, 0.25) is 0 Å². The second-order valence-corrected chi connectivity index (χ2v) is 5.72. The van der Waals surface area contributed by atoms with Crippen molar-refractivity contribution in [2.45, 2.75) is 37.9 Å². The van der Waals surface area contributed by atoms with Crippen LogP contribution in [-0.4, -0.2) is 0 Å². The number of fused-ring (bicyclic) bond motifs is 1. The smallest absolute Gasteiger partial charge is 0.378 e. The van der Waals surface area contributed by atoms with Crippen LogP contribution in [0.25, 0.3) is 0 Å². The molecule has 3 rings (SSSR count). The van der Waals surface area contributed by atoms with Crippen molar-refractivity contribution in [2.24, 2.45) is 0 Å². The first-order valence-electron chi connectivity index (χ1n) is 7.55. The summed E-state index contributed by atoms with van der Waals surface area (Å²) in [5.74, 6) is 0. The number of benzene rings is 2. The Morgan fingerprint density at radius 3 is 2.45 bits per heavy atom. The zero-order valence-electron chi connectivity index (χ0n) is 12.2. The van der Waals surface area contributed by atoms with Gasteiger partial charge >= 0.3 is 6.18 Å². The van der Waals surface area contributed by atoms with Crippen molar-refractivity contribution in [1.29, 1.82) is 0 Å². The molecule has 4 heteroatoms. The topological polar surface area (TPSA) is 12.0 Å². The van der Waals surface area contributed by atoms with E-state index in [0.29, 0.717) is 5.69 Å². The fourth-order valence-corrected chi connectivity index (χ4v) is 2.96. The van der Waals surface area contributed by atoms with Crippen LogP contribution in [0.1, 0.15) is 42.0 Å². The fraction of sp³-hybridized carbons (Fsp3) is 0.333. The van der Waals surface area contributed by atoms with E-state index in [1.807, 2.05) is 30.3 Å². The van der Waals surface area contributed by atoms with Gasteiger partial charge in [0.25, 0.3) is 0 Å². The highest BCUT2D eigenvalue weighted by molar-refractivity contribution is 5.55. The van der Waals surface area contributed by atoms with E-state index in [1.165, 1.54) is 12.1 Å². The second kappa shape index (κ2) is 6.03. The van der Waals surface area contributed by atoms with Crippen LogP contribution >= 0.6 is 0 Å². The Balaban J connectivity index is 1.95. The monoisotopic (exact) mass is 305 g/mol. The van der Waals surface area contributed by atoms with Crippen molar-refractivity contribution in [3.63, 3.8) is 0 Å². The van der Waals surface area contributed by atoms with E-state index in [4.69, 9.17) is 0 Å². The lowest BCUT2D eigenvalue weighted by molar-refractivity contribution is -0.137. The van der Waals surface area contributed by atoms with Crippen molar-refractivity contribution in [2.75, 3.05) is 5.32 Å². The van der Waals surface area contributed by atoms with Gasteiger partial charge in [0, 0.05) is 5.69 Å². The summed E-state index contributed by atoms with van der Waals surface area (Å²) in [6.07, 6.45) is -0.487. The molecule has 1 N–H and O–H groups in total. The molecule has 0 saturated carbocycles. The molecular weight excluding hydrogens is 287 g/mol. The first kappa shape index (κ1) is 14.9. The lowest BCUT2D eigenvalue weighted by Gasteiger charge is -2.25. The zero-order chi connectivity index (χ0) is 15.6. The number of rotatable bonds is 1. The number of hydrogen-bond donors (Lipinski definition) is 1. The van der Waals surface area contributed by atoms with E-state index in [9.17, 15) is 13.2 Å². The number of aryl methyl sites for hydroxylation is 1. The largest absolute Gasteiger partial charge is 0.416 e. The number of nitrogens with one attached hydrogen (secondary N) is 1. The van der Waals surface area contributed by atoms with Crippen LogP contribution in [-0.2, 0) is 12.6 Å². The third-order valence-corrected chi connectivity index (χ3v) is 4.16. The molecule has 1 aliphatic heterocycles. The van der Waals surface area contributed by atoms with Gasteiger partial charge in [-0.3, -0.25) is 0 Å². The molecule has 0 radical (unpaired) electrons. The Bertz CT molecular complexity index is 635. The molecule has 0 spiro atoms. The number of hydrogen-bond acceptors (Lipinski definition) is 1. The molecule has 2 aromatic rings. The van der Waals surface area contributed by atoms with Crippen molar-refractivity contribution in [1.82, 2.24) is 0 Å². The molecule has 22 heavy (non-hydrogen) atoms. The zero-order valence-corrected chi connectivity index (χ0v) is 12.2. The van der Waals surface area contributed by atoms with Gasteiger partial charge in [-0.1, -0.05) is 42.8 Å². The molecule has 0 aliphatic carbocycles. The minimum absolute atomic E-state index is 0.0590. The normalized spacial score (nSPS) is 18.8. The van der Waals surface area contributed by atoms with Crippen LogP contribution in [0.5, 0.6) is 0 Å². The van der Waals surface area contributed by atoms with Crippen LogP contribution in [0, 0.1) is 0 Å². The van der Waals surface area contributed by atoms with Crippen LogP contribution in [0.4, 0.5) is 18.9 Å². The molecule has 0 saturated heterocycles. The summed E-state index contributed by atoms with van der Waals surface area (Å²) < 4.78 is 38.8. The summed E-state index contributed by atoms with van der Waals surface area (Å²) >= 11 is 0. The molecular formula is C18H18F3N. The van der Waals surface area contributed by atoms with E-state index in [-0.39, 0.29) is 6.04 Å². The molecule has 1 heterocycles. The van der Waals surface area contributed by atoms with Crippen LogP contribution < -0.4 is 5.32 Å². The minimum Gasteiger partial charge on any atom is -0.378 e. The van der Waals surface area contributed by atoms with Gasteiger partial charge in [-0.15, -0.1) is 0 Å². The summed E-state index contributed by atoms with van der Waals surface area (Å²) in [6.45, 7) is 0. The Kier molecular flexibility index (Phi) is 4.10. The van der Waals surface area contributed by atoms with Crippen molar-refractivity contribution in [3.8, 4) is 0 Å². The predicted molar refractivity (Wildman–Crippen MR) is 81.8 cm³/mol. The molecule has 0 bridgehead atoms. The summed E-state index contributed by atoms with van der Waals surface area (Å²) in [4.78, 5) is 0. The lowest BCUT2D eigenvalue weighted by Crippen LogP contribution is -2.16. The molecule has 0 amide bonds. The van der Waals surface area contributed by atoms with Gasteiger partial charge in [0.15, 0.2) is 0 Å². The van der Waals surface area contributed by atoms with E-state index in [0.717, 1.165) is 36.8 Å². The van der Waals surface area contributed by atoms with E-state index < -0.39 is 11.7 Å². The van der Waals surface area contributed by atoms with Crippen LogP contribution in [0.3, 0.4) is 0 Å². The van der Waals surface area contributed by atoms with Gasteiger partial charge in [-0.05, 0) is 42.5 Å². The molecule has 0 unspecified atom stereocenters. The Hall–Kier alpha value is -1.97. The van der Waals surface area contributed by atoms with Crippen molar-refractivity contribution in [3.05, 3.63) is 65.2 Å². The highest BCUT2D eigenvalue weighted by Gasteiger charge is 2.31. The maximum Gasteiger partial charge on any atom is 0.416 e. The molecule has 116 valence electrons. The SMILES string of the molecule is FC(F)(F)c1ccc2c(c1)N[C@H](c1ccccc1)CCCC2. The highest BCUT2D eigenvalue weighted by Crippen LogP contribution is 2.36. The number of anilines is 1. The van der Waals surface area contributed by atoms with Gasteiger partial charge in [0.05, 0.1) is 11.6 Å². The van der Waals surface area contributed by atoms with Gasteiger partial charge in [-0.2, -0.15) is 13.2 Å². The third kappa shape index (κ3) is 3.26. The minimum atomic E-state index is -4.30. The Morgan fingerprint density at radius 2 is 1.73 bits per heavy atom. The standard InChI is InChI=1S/C18H18F3N/c19-18(20,21)15-11-10-14-8-4-5-9-16(22-17(14)12-15)13-6-2-1-3-7-13/h1-3,6-7,10-12,16,22H,4-5,8-9H2/t16-/m0/s1. The molecule has 1 nitrogen and oxygen atoms in total. The summed E-state index contributed by atoms with van der Waals surface area (Å²) in [6, 6.07) is 14.0. The van der Waals surface area contributed by atoms with E-state index >= 15 is 0 Å². The van der Waals surface area contributed by atoms with E-state index in [2.05, 4.69) is 5.32 Å². The Labute approximate surface area is 128 Å². The molecule has 0 fully saturated rings. The van der Waals surface area contributed by atoms with Gasteiger partial charge < -0.3 is 5.32 Å². The van der Waals surface area contributed by atoms with Crippen LogP contribution in [0.15, 0.2) is 48.5 Å². The van der Waals surface area contributed by atoms with Crippen molar-refractivity contribution < 1.29 is 13.2 Å². The maximum absolute atomic E-state index is 12.9. The number of alkyl halides is 3. The lowest BCUT2D eigenvalue weighted by atomic mass is 9.94. The molecule has 2 aromatic carbocycles. The Morgan fingerprint density at radius 1 is 0.955 bits per heavy atom. The summed E-state index contributed by atoms with van der Waals surface area (Å²) in [7, 11) is 0. The third-order valence-electron chi connectivity index (χ3n) is 4.16.